The molecule has 148 valence electrons. The zero-order chi connectivity index (χ0) is 18.9. The van der Waals surface area contributed by atoms with Gasteiger partial charge in [-0.3, -0.25) is 4.79 Å². The first-order valence-corrected chi connectivity index (χ1v) is 11.0. The van der Waals surface area contributed by atoms with E-state index in [-0.39, 0.29) is 11.9 Å². The zero-order valence-corrected chi connectivity index (χ0v) is 17.2. The van der Waals surface area contributed by atoms with E-state index in [4.69, 9.17) is 4.74 Å². The normalized spacial score (nSPS) is 12.1. The van der Waals surface area contributed by atoms with E-state index < -0.39 is 0 Å². The summed E-state index contributed by atoms with van der Waals surface area (Å²) in [5, 5.41) is 0. The maximum absolute atomic E-state index is 12.5. The summed E-state index contributed by atoms with van der Waals surface area (Å²) in [6.07, 6.45) is 16.1. The van der Waals surface area contributed by atoms with Gasteiger partial charge in [-0.15, -0.1) is 0 Å². The number of ether oxygens (including phenoxy) is 1. The number of carbonyl (C=O) groups excluding carboxylic acids is 1. The highest BCUT2D eigenvalue weighted by atomic mass is 16.5. The minimum absolute atomic E-state index is 0.0411. The average molecular weight is 361 g/mol. The maximum atomic E-state index is 12.5. The number of hydrogen-bond acceptors (Lipinski definition) is 2. The lowest BCUT2D eigenvalue weighted by Gasteiger charge is -2.16. The van der Waals surface area contributed by atoms with Gasteiger partial charge in [0.25, 0.3) is 0 Å². The standard InChI is InChI=1S/C24H40O2/c1-3-5-7-8-9-10-11-12-13-17-20-23(22-18-15-14-16-19-22)24(25)26-21-6-4-2/h14-16,18-19,23H,3-13,17,20-21H2,1-2H3. The molecule has 0 aliphatic heterocycles. The SMILES string of the molecule is CCCCCCCCCCCCC(C(=O)OCCCC)c1ccccc1. The molecule has 2 heteroatoms. The molecule has 0 saturated heterocycles. The van der Waals surface area contributed by atoms with E-state index in [0.717, 1.165) is 31.2 Å². The van der Waals surface area contributed by atoms with Gasteiger partial charge in [0.2, 0.25) is 0 Å². The lowest BCUT2D eigenvalue weighted by molar-refractivity contribution is -0.145. The zero-order valence-electron chi connectivity index (χ0n) is 17.2. The predicted octanol–water partition coefficient (Wildman–Crippen LogP) is 7.42. The second-order valence-corrected chi connectivity index (χ2v) is 7.45. The Morgan fingerprint density at radius 1 is 0.769 bits per heavy atom. The highest BCUT2D eigenvalue weighted by Crippen LogP contribution is 2.24. The molecular weight excluding hydrogens is 320 g/mol. The molecule has 0 saturated carbocycles. The van der Waals surface area contributed by atoms with E-state index in [0.29, 0.717) is 6.61 Å². The van der Waals surface area contributed by atoms with Crippen molar-refractivity contribution < 1.29 is 9.53 Å². The summed E-state index contributed by atoms with van der Waals surface area (Å²) in [7, 11) is 0. The Bertz CT molecular complexity index is 441. The third-order valence-corrected chi connectivity index (χ3v) is 5.08. The van der Waals surface area contributed by atoms with Crippen LogP contribution >= 0.6 is 0 Å². The predicted molar refractivity (Wildman–Crippen MR) is 112 cm³/mol. The van der Waals surface area contributed by atoms with Crippen molar-refractivity contribution in [3.63, 3.8) is 0 Å². The van der Waals surface area contributed by atoms with Crippen LogP contribution in [-0.2, 0) is 9.53 Å². The van der Waals surface area contributed by atoms with Crippen molar-refractivity contribution in [2.24, 2.45) is 0 Å². The van der Waals surface area contributed by atoms with Crippen molar-refractivity contribution in [2.45, 2.75) is 103 Å². The molecular formula is C24H40O2. The van der Waals surface area contributed by atoms with Gasteiger partial charge < -0.3 is 4.74 Å². The Balaban J connectivity index is 2.25. The molecule has 1 aromatic rings. The minimum Gasteiger partial charge on any atom is -0.465 e. The number of rotatable bonds is 16. The van der Waals surface area contributed by atoms with Crippen LogP contribution in [0.1, 0.15) is 109 Å². The van der Waals surface area contributed by atoms with Gasteiger partial charge in [0.1, 0.15) is 0 Å². The second-order valence-electron chi connectivity index (χ2n) is 7.45. The van der Waals surface area contributed by atoms with Crippen molar-refractivity contribution in [3.8, 4) is 0 Å². The van der Waals surface area contributed by atoms with Crippen LogP contribution in [0.5, 0.6) is 0 Å². The Hall–Kier alpha value is -1.31. The molecule has 0 heterocycles. The van der Waals surface area contributed by atoms with Crippen LogP contribution < -0.4 is 0 Å². The van der Waals surface area contributed by atoms with Crippen LogP contribution in [0.2, 0.25) is 0 Å². The summed E-state index contributed by atoms with van der Waals surface area (Å²) in [6.45, 7) is 4.94. The molecule has 1 aromatic carbocycles. The molecule has 1 rings (SSSR count). The molecule has 0 amide bonds. The monoisotopic (exact) mass is 360 g/mol. The molecule has 2 nitrogen and oxygen atoms in total. The highest BCUT2D eigenvalue weighted by Gasteiger charge is 2.21. The molecule has 0 spiro atoms. The molecule has 1 atom stereocenters. The van der Waals surface area contributed by atoms with Crippen LogP contribution in [0, 0.1) is 0 Å². The van der Waals surface area contributed by atoms with E-state index in [2.05, 4.69) is 26.0 Å². The van der Waals surface area contributed by atoms with E-state index in [1.54, 1.807) is 0 Å². The largest absolute Gasteiger partial charge is 0.465 e. The number of benzene rings is 1. The summed E-state index contributed by atoms with van der Waals surface area (Å²) < 4.78 is 5.50. The van der Waals surface area contributed by atoms with Gasteiger partial charge in [-0.05, 0) is 18.4 Å². The van der Waals surface area contributed by atoms with Gasteiger partial charge in [0.05, 0.1) is 12.5 Å². The van der Waals surface area contributed by atoms with E-state index in [9.17, 15) is 4.79 Å². The lowest BCUT2D eigenvalue weighted by Crippen LogP contribution is -2.17. The van der Waals surface area contributed by atoms with Crippen LogP contribution in [0.3, 0.4) is 0 Å². The molecule has 0 N–H and O–H groups in total. The third kappa shape index (κ3) is 10.6. The summed E-state index contributed by atoms with van der Waals surface area (Å²) in [6, 6.07) is 10.1. The lowest BCUT2D eigenvalue weighted by atomic mass is 9.93. The molecule has 0 bridgehead atoms. The van der Waals surface area contributed by atoms with Crippen LogP contribution in [-0.4, -0.2) is 12.6 Å². The fraction of sp³-hybridized carbons (Fsp3) is 0.708. The fourth-order valence-corrected chi connectivity index (χ4v) is 3.36. The summed E-state index contributed by atoms with van der Waals surface area (Å²) in [5.41, 5.74) is 1.10. The van der Waals surface area contributed by atoms with Gasteiger partial charge in [-0.25, -0.2) is 0 Å². The third-order valence-electron chi connectivity index (χ3n) is 5.08. The molecule has 0 aliphatic carbocycles. The smallest absolute Gasteiger partial charge is 0.313 e. The molecule has 0 aromatic heterocycles. The van der Waals surface area contributed by atoms with E-state index in [1.807, 2.05) is 18.2 Å². The first kappa shape index (κ1) is 22.7. The molecule has 26 heavy (non-hydrogen) atoms. The molecule has 0 fully saturated rings. The van der Waals surface area contributed by atoms with Gasteiger partial charge in [-0.2, -0.15) is 0 Å². The Labute approximate surface area is 161 Å². The first-order chi connectivity index (χ1) is 12.8. The quantitative estimate of drug-likeness (QED) is 0.226. The van der Waals surface area contributed by atoms with Crippen molar-refractivity contribution in [2.75, 3.05) is 6.61 Å². The van der Waals surface area contributed by atoms with Crippen LogP contribution in [0.4, 0.5) is 0 Å². The number of unbranched alkanes of at least 4 members (excludes halogenated alkanes) is 10. The van der Waals surface area contributed by atoms with E-state index in [1.165, 1.54) is 57.8 Å². The average Bonchev–Trinajstić information content (AvgIpc) is 2.67. The Morgan fingerprint density at radius 2 is 1.31 bits per heavy atom. The van der Waals surface area contributed by atoms with Gasteiger partial charge in [0.15, 0.2) is 0 Å². The van der Waals surface area contributed by atoms with Crippen LogP contribution in [0.15, 0.2) is 30.3 Å². The second kappa shape index (κ2) is 15.9. The molecule has 0 radical (unpaired) electrons. The fourth-order valence-electron chi connectivity index (χ4n) is 3.36. The molecule has 0 aliphatic rings. The summed E-state index contributed by atoms with van der Waals surface area (Å²) in [5.74, 6) is -0.136. The van der Waals surface area contributed by atoms with Gasteiger partial charge in [0, 0.05) is 0 Å². The maximum Gasteiger partial charge on any atom is 0.313 e. The van der Waals surface area contributed by atoms with Crippen molar-refractivity contribution in [1.82, 2.24) is 0 Å². The van der Waals surface area contributed by atoms with Crippen molar-refractivity contribution >= 4 is 5.97 Å². The first-order valence-electron chi connectivity index (χ1n) is 11.0. The Kier molecular flexibility index (Phi) is 13.9. The summed E-state index contributed by atoms with van der Waals surface area (Å²) in [4.78, 5) is 12.5. The molecule has 1 unspecified atom stereocenters. The topological polar surface area (TPSA) is 26.3 Å². The van der Waals surface area contributed by atoms with Crippen LogP contribution in [0.25, 0.3) is 0 Å². The number of carbonyl (C=O) groups is 1. The summed E-state index contributed by atoms with van der Waals surface area (Å²) >= 11 is 0. The number of hydrogen-bond donors (Lipinski definition) is 0. The number of esters is 1. The highest BCUT2D eigenvalue weighted by molar-refractivity contribution is 5.78. The Morgan fingerprint density at radius 3 is 1.88 bits per heavy atom. The van der Waals surface area contributed by atoms with E-state index >= 15 is 0 Å². The minimum atomic E-state index is -0.0953. The van der Waals surface area contributed by atoms with Gasteiger partial charge >= 0.3 is 5.97 Å². The van der Waals surface area contributed by atoms with Gasteiger partial charge in [-0.1, -0.05) is 115 Å². The van der Waals surface area contributed by atoms with Crippen molar-refractivity contribution in [3.05, 3.63) is 35.9 Å². The van der Waals surface area contributed by atoms with Crippen molar-refractivity contribution in [1.29, 1.82) is 0 Å².